The Balaban J connectivity index is 2.78. The average Bonchev–Trinajstić information content (AvgIpc) is 2.52. The molecule has 0 aromatic heterocycles. The maximum absolute atomic E-state index is 12.1. The number of nitrogens with two attached hydrogens (primary N) is 1. The van der Waals surface area contributed by atoms with Gasteiger partial charge in [-0.1, -0.05) is 13.8 Å². The lowest BCUT2D eigenvalue weighted by Crippen LogP contribution is -2.45. The largest absolute Gasteiger partial charge is 0.448 e. The monoisotopic (exact) mass is 346 g/mol. The van der Waals surface area contributed by atoms with Crippen LogP contribution in [0.5, 0.6) is 0 Å². The van der Waals surface area contributed by atoms with E-state index in [0.29, 0.717) is 5.69 Å². The third kappa shape index (κ3) is 6.31. The number of nitriles is 1. The second-order valence-corrected chi connectivity index (χ2v) is 5.38. The Hall–Kier alpha value is -3.41. The summed E-state index contributed by atoms with van der Waals surface area (Å²) in [5, 5.41) is 12.8. The number of benzene rings is 1. The molecular formula is C16H18N4O5. The molecule has 0 aliphatic heterocycles. The molecule has 0 unspecified atom stereocenters. The molecule has 132 valence electrons. The van der Waals surface area contributed by atoms with Crippen LogP contribution in [0.2, 0.25) is 0 Å². The Morgan fingerprint density at radius 1 is 1.20 bits per heavy atom. The molecule has 0 spiro atoms. The van der Waals surface area contributed by atoms with Crippen molar-refractivity contribution in [1.29, 1.82) is 5.26 Å². The molecule has 0 saturated heterocycles. The van der Waals surface area contributed by atoms with E-state index in [0.717, 1.165) is 0 Å². The number of carbonyl (C=O) groups is 4. The summed E-state index contributed by atoms with van der Waals surface area (Å²) in [6.07, 6.45) is -1.47. The number of imide groups is 1. The second-order valence-electron chi connectivity index (χ2n) is 5.38. The molecule has 9 heteroatoms. The zero-order valence-corrected chi connectivity index (χ0v) is 13.7. The van der Waals surface area contributed by atoms with Gasteiger partial charge < -0.3 is 15.8 Å². The zero-order chi connectivity index (χ0) is 19.0. The number of hydrogen-bond acceptors (Lipinski definition) is 6. The van der Waals surface area contributed by atoms with E-state index in [1.54, 1.807) is 19.9 Å². The van der Waals surface area contributed by atoms with E-state index in [1.165, 1.54) is 24.3 Å². The SMILES string of the molecule is CC(C)[C@H](OC(=O)c1ccc(NC(=O)CC#N)cc1)C(=O)NC(N)=O. The zero-order valence-electron chi connectivity index (χ0n) is 13.7. The van der Waals surface area contributed by atoms with E-state index in [9.17, 15) is 19.2 Å². The highest BCUT2D eigenvalue weighted by atomic mass is 16.5. The van der Waals surface area contributed by atoms with Gasteiger partial charge in [-0.3, -0.25) is 14.9 Å². The molecule has 0 fully saturated rings. The van der Waals surface area contributed by atoms with Crippen molar-refractivity contribution in [2.24, 2.45) is 11.7 Å². The lowest BCUT2D eigenvalue weighted by atomic mass is 10.1. The number of amides is 4. The molecule has 0 heterocycles. The third-order valence-electron chi connectivity index (χ3n) is 2.99. The van der Waals surface area contributed by atoms with Crippen molar-refractivity contribution in [2.75, 3.05) is 5.32 Å². The van der Waals surface area contributed by atoms with Crippen LogP contribution in [0.15, 0.2) is 24.3 Å². The van der Waals surface area contributed by atoms with Gasteiger partial charge in [0.05, 0.1) is 11.6 Å². The number of anilines is 1. The van der Waals surface area contributed by atoms with Gasteiger partial charge in [0.15, 0.2) is 6.10 Å². The van der Waals surface area contributed by atoms with Crippen LogP contribution >= 0.6 is 0 Å². The van der Waals surface area contributed by atoms with Gasteiger partial charge >= 0.3 is 12.0 Å². The van der Waals surface area contributed by atoms with Gasteiger partial charge in [0, 0.05) is 5.69 Å². The topological polar surface area (TPSA) is 151 Å². The molecule has 0 bridgehead atoms. The van der Waals surface area contributed by atoms with Crippen LogP contribution in [0.25, 0.3) is 0 Å². The Kier molecular flexibility index (Phi) is 7.09. The highest BCUT2D eigenvalue weighted by Crippen LogP contribution is 2.14. The van der Waals surface area contributed by atoms with Crippen molar-refractivity contribution in [3.05, 3.63) is 29.8 Å². The number of nitrogens with zero attached hydrogens (tertiary/aromatic N) is 1. The number of nitrogens with one attached hydrogen (secondary N) is 2. The lowest BCUT2D eigenvalue weighted by molar-refractivity contribution is -0.130. The number of urea groups is 1. The fourth-order valence-corrected chi connectivity index (χ4v) is 1.83. The van der Waals surface area contributed by atoms with Gasteiger partial charge in [-0.2, -0.15) is 5.26 Å². The number of rotatable bonds is 6. The highest BCUT2D eigenvalue weighted by Gasteiger charge is 2.27. The summed E-state index contributed by atoms with van der Waals surface area (Å²) in [5.41, 5.74) is 5.44. The first-order chi connectivity index (χ1) is 11.7. The minimum absolute atomic E-state index is 0.149. The van der Waals surface area contributed by atoms with E-state index < -0.39 is 29.9 Å². The van der Waals surface area contributed by atoms with Gasteiger partial charge in [-0.25, -0.2) is 9.59 Å². The van der Waals surface area contributed by atoms with Gasteiger partial charge in [0.1, 0.15) is 6.42 Å². The number of carbonyl (C=O) groups excluding carboxylic acids is 4. The summed E-state index contributed by atoms with van der Waals surface area (Å²) >= 11 is 0. The van der Waals surface area contributed by atoms with Gasteiger partial charge in [0.2, 0.25) is 5.91 Å². The third-order valence-corrected chi connectivity index (χ3v) is 2.99. The van der Waals surface area contributed by atoms with Crippen LogP contribution < -0.4 is 16.4 Å². The van der Waals surface area contributed by atoms with E-state index in [4.69, 9.17) is 15.7 Å². The summed E-state index contributed by atoms with van der Waals surface area (Å²) in [7, 11) is 0. The molecule has 1 rings (SSSR count). The van der Waals surface area contributed by atoms with Crippen molar-refractivity contribution in [3.63, 3.8) is 0 Å². The van der Waals surface area contributed by atoms with Crippen molar-refractivity contribution in [1.82, 2.24) is 5.32 Å². The molecule has 4 amide bonds. The Morgan fingerprint density at radius 2 is 1.80 bits per heavy atom. The molecule has 25 heavy (non-hydrogen) atoms. The first-order valence-corrected chi connectivity index (χ1v) is 7.32. The van der Waals surface area contributed by atoms with E-state index in [-0.39, 0.29) is 17.9 Å². The molecule has 9 nitrogen and oxygen atoms in total. The Labute approximate surface area is 144 Å². The van der Waals surface area contributed by atoms with E-state index in [1.807, 2.05) is 5.32 Å². The fourth-order valence-electron chi connectivity index (χ4n) is 1.83. The molecule has 1 atom stereocenters. The minimum Gasteiger partial charge on any atom is -0.448 e. The van der Waals surface area contributed by atoms with Crippen LogP contribution in [0.3, 0.4) is 0 Å². The molecule has 1 aromatic carbocycles. The van der Waals surface area contributed by atoms with Crippen LogP contribution in [-0.2, 0) is 14.3 Å². The van der Waals surface area contributed by atoms with Gasteiger partial charge in [-0.05, 0) is 30.2 Å². The number of esters is 1. The summed E-state index contributed by atoms with van der Waals surface area (Å²) in [5.74, 6) is -2.43. The first-order valence-electron chi connectivity index (χ1n) is 7.32. The molecule has 0 aliphatic rings. The van der Waals surface area contributed by atoms with Crippen LogP contribution in [0.4, 0.5) is 10.5 Å². The molecule has 4 N–H and O–H groups in total. The smallest absolute Gasteiger partial charge is 0.338 e. The number of hydrogen-bond donors (Lipinski definition) is 3. The number of primary amides is 1. The summed E-state index contributed by atoms with van der Waals surface area (Å²) in [4.78, 5) is 46.0. The lowest BCUT2D eigenvalue weighted by Gasteiger charge is -2.19. The van der Waals surface area contributed by atoms with E-state index in [2.05, 4.69) is 5.32 Å². The highest BCUT2D eigenvalue weighted by molar-refractivity contribution is 5.98. The Morgan fingerprint density at radius 3 is 2.28 bits per heavy atom. The predicted octanol–water partition coefficient (Wildman–Crippen LogP) is 0.915. The molecule has 0 radical (unpaired) electrons. The molecule has 1 aromatic rings. The maximum atomic E-state index is 12.1. The maximum Gasteiger partial charge on any atom is 0.338 e. The van der Waals surface area contributed by atoms with Gasteiger partial charge in [-0.15, -0.1) is 0 Å². The first kappa shape index (κ1) is 19.6. The van der Waals surface area contributed by atoms with Crippen LogP contribution in [-0.4, -0.2) is 29.9 Å². The Bertz CT molecular complexity index is 706. The van der Waals surface area contributed by atoms with Crippen molar-refractivity contribution >= 4 is 29.5 Å². The van der Waals surface area contributed by atoms with Gasteiger partial charge in [0.25, 0.3) is 5.91 Å². The normalized spacial score (nSPS) is 11.1. The van der Waals surface area contributed by atoms with E-state index >= 15 is 0 Å². The summed E-state index contributed by atoms with van der Waals surface area (Å²) in [6, 6.07) is 6.39. The van der Waals surface area contributed by atoms with Crippen molar-refractivity contribution in [2.45, 2.75) is 26.4 Å². The van der Waals surface area contributed by atoms with Crippen molar-refractivity contribution < 1.29 is 23.9 Å². The second kappa shape index (κ2) is 9.02. The summed E-state index contributed by atoms with van der Waals surface area (Å²) < 4.78 is 5.13. The molecular weight excluding hydrogens is 328 g/mol. The quantitative estimate of drug-likeness (QED) is 0.651. The predicted molar refractivity (Wildman–Crippen MR) is 87.1 cm³/mol. The fraction of sp³-hybridized carbons (Fsp3) is 0.312. The average molecular weight is 346 g/mol. The summed E-state index contributed by atoms with van der Waals surface area (Å²) in [6.45, 7) is 3.29. The number of ether oxygens (including phenoxy) is 1. The standard InChI is InChI=1S/C16H18N4O5/c1-9(2)13(14(22)20-16(18)24)25-15(23)10-3-5-11(6-4-10)19-12(21)7-8-17/h3-6,9,13H,7H2,1-2H3,(H,19,21)(H3,18,20,22,24)/t13-/m0/s1. The molecule has 0 saturated carbocycles. The van der Waals surface area contributed by atoms with Crippen LogP contribution in [0, 0.1) is 17.2 Å². The van der Waals surface area contributed by atoms with Crippen LogP contribution in [0.1, 0.15) is 30.6 Å². The molecule has 0 aliphatic carbocycles. The minimum atomic E-state index is -1.19. The van der Waals surface area contributed by atoms with Crippen molar-refractivity contribution in [3.8, 4) is 6.07 Å².